The van der Waals surface area contributed by atoms with Gasteiger partial charge in [0.1, 0.15) is 18.3 Å². The second kappa shape index (κ2) is 5.13. The van der Waals surface area contributed by atoms with E-state index in [-0.39, 0.29) is 19.1 Å². The Morgan fingerprint density at radius 1 is 1.11 bits per heavy atom. The number of ether oxygens (including phenoxy) is 3. The van der Waals surface area contributed by atoms with Crippen LogP contribution in [0.3, 0.4) is 0 Å². The van der Waals surface area contributed by atoms with Gasteiger partial charge in [-0.3, -0.25) is 0 Å². The van der Waals surface area contributed by atoms with Crippen LogP contribution in [0.15, 0.2) is 12.1 Å². The molecule has 6 nitrogen and oxygen atoms in total. The zero-order valence-electron chi connectivity index (χ0n) is 10.1. The van der Waals surface area contributed by atoms with Crippen molar-refractivity contribution in [3.05, 3.63) is 23.3 Å². The molecule has 7 heteroatoms. The van der Waals surface area contributed by atoms with E-state index in [1.165, 1.54) is 0 Å². The molecule has 1 heterocycles. The third kappa shape index (κ3) is 2.92. The molecule has 0 unspecified atom stereocenters. The van der Waals surface area contributed by atoms with Gasteiger partial charge in [-0.25, -0.2) is 0 Å². The summed E-state index contributed by atoms with van der Waals surface area (Å²) >= 11 is 0. The summed E-state index contributed by atoms with van der Waals surface area (Å²) in [6, 6.07) is 3.20. The molecule has 1 aromatic rings. The standard InChI is InChI=1S/C11H14O6S/c1-14-10-3-4-11(17-18(2,12)13)9-6-16-7-15-5-8(9)10/h3-4H,5-7H2,1-2H3. The molecule has 100 valence electrons. The fraction of sp³-hybridized carbons (Fsp3) is 0.455. The lowest BCUT2D eigenvalue weighted by Crippen LogP contribution is -2.09. The Hall–Kier alpha value is -1.31. The number of rotatable bonds is 3. The summed E-state index contributed by atoms with van der Waals surface area (Å²) in [7, 11) is -2.04. The molecular formula is C11H14O6S. The SMILES string of the molecule is COc1ccc(OS(C)(=O)=O)c2c1COCOC2. The van der Waals surface area contributed by atoms with E-state index in [0.29, 0.717) is 17.9 Å². The average Bonchev–Trinajstić information content (AvgIpc) is 2.53. The van der Waals surface area contributed by atoms with E-state index in [4.69, 9.17) is 18.4 Å². The highest BCUT2D eigenvalue weighted by molar-refractivity contribution is 7.86. The molecule has 0 aromatic heterocycles. The Labute approximate surface area is 106 Å². The van der Waals surface area contributed by atoms with E-state index < -0.39 is 10.1 Å². The van der Waals surface area contributed by atoms with Crippen LogP contribution in [-0.4, -0.2) is 28.6 Å². The predicted molar refractivity (Wildman–Crippen MR) is 62.9 cm³/mol. The van der Waals surface area contributed by atoms with E-state index in [1.54, 1.807) is 19.2 Å². The molecule has 0 spiro atoms. The molecule has 0 aliphatic carbocycles. The molecule has 1 aromatic carbocycles. The van der Waals surface area contributed by atoms with Gasteiger partial charge in [0.2, 0.25) is 0 Å². The van der Waals surface area contributed by atoms with Crippen molar-refractivity contribution in [1.29, 1.82) is 0 Å². The highest BCUT2D eigenvalue weighted by Gasteiger charge is 2.20. The van der Waals surface area contributed by atoms with Crippen molar-refractivity contribution in [3.8, 4) is 11.5 Å². The number of methoxy groups -OCH3 is 1. The van der Waals surface area contributed by atoms with E-state index in [2.05, 4.69) is 0 Å². The van der Waals surface area contributed by atoms with Gasteiger partial charge >= 0.3 is 10.1 Å². The molecule has 1 aliphatic rings. The monoisotopic (exact) mass is 274 g/mol. The molecule has 0 N–H and O–H groups in total. The highest BCUT2D eigenvalue weighted by atomic mass is 32.2. The van der Waals surface area contributed by atoms with Crippen LogP contribution in [0.5, 0.6) is 11.5 Å². The van der Waals surface area contributed by atoms with Crippen molar-refractivity contribution in [1.82, 2.24) is 0 Å². The van der Waals surface area contributed by atoms with Crippen molar-refractivity contribution in [2.75, 3.05) is 20.2 Å². The second-order valence-corrected chi connectivity index (χ2v) is 5.40. The Morgan fingerprint density at radius 3 is 2.22 bits per heavy atom. The fourth-order valence-electron chi connectivity index (χ4n) is 1.75. The smallest absolute Gasteiger partial charge is 0.306 e. The van der Waals surface area contributed by atoms with Gasteiger partial charge in [-0.2, -0.15) is 8.42 Å². The van der Waals surface area contributed by atoms with Crippen LogP contribution < -0.4 is 8.92 Å². The fourth-order valence-corrected chi connectivity index (χ4v) is 2.23. The molecule has 0 saturated carbocycles. The van der Waals surface area contributed by atoms with Crippen LogP contribution in [0.1, 0.15) is 11.1 Å². The lowest BCUT2D eigenvalue weighted by Gasteiger charge is -2.14. The summed E-state index contributed by atoms with van der Waals surface area (Å²) in [5, 5.41) is 0. The van der Waals surface area contributed by atoms with Gasteiger partial charge in [0.25, 0.3) is 0 Å². The lowest BCUT2D eigenvalue weighted by atomic mass is 10.1. The Balaban J connectivity index is 2.49. The van der Waals surface area contributed by atoms with E-state index >= 15 is 0 Å². The van der Waals surface area contributed by atoms with E-state index in [0.717, 1.165) is 11.8 Å². The number of fused-ring (bicyclic) bond motifs is 1. The summed E-state index contributed by atoms with van der Waals surface area (Å²) in [6.45, 7) is 0.660. The summed E-state index contributed by atoms with van der Waals surface area (Å²) in [6.07, 6.45) is 0.998. The first-order valence-electron chi connectivity index (χ1n) is 5.25. The van der Waals surface area contributed by atoms with Gasteiger partial charge in [0.05, 0.1) is 26.6 Å². The van der Waals surface area contributed by atoms with Crippen LogP contribution in [-0.2, 0) is 32.8 Å². The van der Waals surface area contributed by atoms with Crippen molar-refractivity contribution in [2.45, 2.75) is 13.2 Å². The molecule has 0 bridgehead atoms. The summed E-state index contributed by atoms with van der Waals surface area (Å²) in [4.78, 5) is 0. The summed E-state index contributed by atoms with van der Waals surface area (Å²) in [5.74, 6) is 0.871. The number of hydrogen-bond acceptors (Lipinski definition) is 6. The lowest BCUT2D eigenvalue weighted by molar-refractivity contribution is -0.0589. The minimum atomic E-state index is -3.58. The van der Waals surface area contributed by atoms with Gasteiger partial charge < -0.3 is 18.4 Å². The molecule has 0 atom stereocenters. The minimum absolute atomic E-state index is 0.149. The first-order chi connectivity index (χ1) is 8.51. The number of hydrogen-bond donors (Lipinski definition) is 0. The number of benzene rings is 1. The summed E-state index contributed by atoms with van der Waals surface area (Å²) in [5.41, 5.74) is 1.38. The molecule has 0 radical (unpaired) electrons. The summed E-state index contributed by atoms with van der Waals surface area (Å²) < 4.78 is 43.0. The van der Waals surface area contributed by atoms with Gasteiger partial charge in [-0.1, -0.05) is 0 Å². The Bertz CT molecular complexity index is 537. The third-order valence-electron chi connectivity index (χ3n) is 2.47. The van der Waals surface area contributed by atoms with Crippen molar-refractivity contribution in [2.24, 2.45) is 0 Å². The molecule has 0 amide bonds. The van der Waals surface area contributed by atoms with Crippen LogP contribution >= 0.6 is 0 Å². The van der Waals surface area contributed by atoms with Gasteiger partial charge in [0, 0.05) is 11.1 Å². The highest BCUT2D eigenvalue weighted by Crippen LogP contribution is 2.33. The second-order valence-electron chi connectivity index (χ2n) is 3.83. The Morgan fingerprint density at radius 2 is 1.67 bits per heavy atom. The normalized spacial score (nSPS) is 15.7. The zero-order chi connectivity index (χ0) is 13.2. The van der Waals surface area contributed by atoms with Crippen LogP contribution in [0, 0.1) is 0 Å². The molecule has 1 aliphatic heterocycles. The first kappa shape index (κ1) is 13.1. The minimum Gasteiger partial charge on any atom is -0.496 e. The zero-order valence-corrected chi connectivity index (χ0v) is 11.0. The average molecular weight is 274 g/mol. The molecule has 0 fully saturated rings. The van der Waals surface area contributed by atoms with Gasteiger partial charge in [0.15, 0.2) is 0 Å². The first-order valence-corrected chi connectivity index (χ1v) is 7.06. The molecule has 2 rings (SSSR count). The van der Waals surface area contributed by atoms with Crippen molar-refractivity contribution < 1.29 is 26.8 Å². The van der Waals surface area contributed by atoms with Crippen LogP contribution in [0.4, 0.5) is 0 Å². The molecule has 18 heavy (non-hydrogen) atoms. The van der Waals surface area contributed by atoms with E-state index in [1.807, 2.05) is 0 Å². The third-order valence-corrected chi connectivity index (χ3v) is 2.95. The van der Waals surface area contributed by atoms with Crippen LogP contribution in [0.25, 0.3) is 0 Å². The maximum Gasteiger partial charge on any atom is 0.306 e. The molecular weight excluding hydrogens is 260 g/mol. The molecule has 0 saturated heterocycles. The quantitative estimate of drug-likeness (QED) is 0.767. The Kier molecular flexibility index (Phi) is 3.74. The topological polar surface area (TPSA) is 71.1 Å². The van der Waals surface area contributed by atoms with E-state index in [9.17, 15) is 8.42 Å². The predicted octanol–water partition coefficient (Wildman–Crippen LogP) is 1.04. The van der Waals surface area contributed by atoms with Crippen LogP contribution in [0.2, 0.25) is 0 Å². The van der Waals surface area contributed by atoms with Crippen molar-refractivity contribution >= 4 is 10.1 Å². The van der Waals surface area contributed by atoms with Gasteiger partial charge in [-0.05, 0) is 12.1 Å². The van der Waals surface area contributed by atoms with Gasteiger partial charge in [-0.15, -0.1) is 0 Å². The largest absolute Gasteiger partial charge is 0.496 e. The maximum atomic E-state index is 11.2. The maximum absolute atomic E-state index is 11.2. The van der Waals surface area contributed by atoms with Crippen molar-refractivity contribution in [3.63, 3.8) is 0 Å².